The first-order valence-electron chi connectivity index (χ1n) is 6.70. The van der Waals surface area contributed by atoms with Gasteiger partial charge in [-0.25, -0.2) is 9.18 Å². The Hall–Kier alpha value is -2.81. The summed E-state index contributed by atoms with van der Waals surface area (Å²) in [6.45, 7) is 3.44. The Kier molecular flexibility index (Phi) is 4.47. The first-order chi connectivity index (χ1) is 10.5. The third-order valence-corrected chi connectivity index (χ3v) is 3.30. The Morgan fingerprint density at radius 3 is 2.64 bits per heavy atom. The van der Waals surface area contributed by atoms with E-state index in [2.05, 4.69) is 0 Å². The smallest absolute Gasteiger partial charge is 0.338 e. The van der Waals surface area contributed by atoms with Crippen LogP contribution in [0.15, 0.2) is 47.1 Å². The molecule has 1 heterocycles. The van der Waals surface area contributed by atoms with Crippen LogP contribution in [0.25, 0.3) is 0 Å². The zero-order chi connectivity index (χ0) is 16.3. The highest BCUT2D eigenvalue weighted by molar-refractivity contribution is 5.92. The fourth-order valence-electron chi connectivity index (χ4n) is 2.34. The van der Waals surface area contributed by atoms with Crippen LogP contribution in [0.5, 0.6) is 0 Å². The summed E-state index contributed by atoms with van der Waals surface area (Å²) in [5.41, 5.74) is 6.60. The van der Waals surface area contributed by atoms with Crippen LogP contribution in [-0.4, -0.2) is 12.6 Å². The predicted molar refractivity (Wildman–Crippen MR) is 76.4 cm³/mol. The van der Waals surface area contributed by atoms with Crippen LogP contribution >= 0.6 is 0 Å². The van der Waals surface area contributed by atoms with E-state index in [0.717, 1.165) is 0 Å². The molecule has 0 unspecified atom stereocenters. The molecule has 0 saturated carbocycles. The molecule has 0 fully saturated rings. The molecule has 1 aromatic carbocycles. The monoisotopic (exact) mass is 302 g/mol. The Labute approximate surface area is 127 Å². The van der Waals surface area contributed by atoms with Crippen molar-refractivity contribution in [2.45, 2.75) is 19.8 Å². The minimum Gasteiger partial charge on any atom is -0.463 e. The van der Waals surface area contributed by atoms with E-state index in [4.69, 9.17) is 15.2 Å². The number of nitrogens with two attached hydrogens (primary N) is 1. The van der Waals surface area contributed by atoms with Gasteiger partial charge in [-0.1, -0.05) is 12.1 Å². The Bertz CT molecular complexity index is 699. The lowest BCUT2D eigenvalue weighted by molar-refractivity contribution is -0.139. The maximum absolute atomic E-state index is 13.1. The molecule has 2 rings (SSSR count). The van der Waals surface area contributed by atoms with Crippen LogP contribution in [0.1, 0.15) is 25.3 Å². The second-order valence-corrected chi connectivity index (χ2v) is 4.67. The van der Waals surface area contributed by atoms with E-state index in [1.54, 1.807) is 13.8 Å². The van der Waals surface area contributed by atoms with Gasteiger partial charge in [0.05, 0.1) is 18.1 Å². The minimum atomic E-state index is -0.738. The molecule has 0 aromatic heterocycles. The second-order valence-electron chi connectivity index (χ2n) is 4.67. The first-order valence-corrected chi connectivity index (χ1v) is 6.70. The van der Waals surface area contributed by atoms with E-state index in [9.17, 15) is 14.4 Å². The zero-order valence-corrected chi connectivity index (χ0v) is 12.2. The maximum atomic E-state index is 13.1. The lowest BCUT2D eigenvalue weighted by Crippen LogP contribution is -2.25. The summed E-state index contributed by atoms with van der Waals surface area (Å²) in [7, 11) is 0. The van der Waals surface area contributed by atoms with Crippen molar-refractivity contribution in [2.75, 3.05) is 6.61 Å². The maximum Gasteiger partial charge on any atom is 0.338 e. The summed E-state index contributed by atoms with van der Waals surface area (Å²) in [5.74, 6) is -1.54. The van der Waals surface area contributed by atoms with Crippen molar-refractivity contribution in [3.63, 3.8) is 0 Å². The number of ether oxygens (including phenoxy) is 2. The number of carbonyl (C=O) groups is 1. The number of benzene rings is 1. The molecule has 0 bridgehead atoms. The van der Waals surface area contributed by atoms with Gasteiger partial charge >= 0.3 is 5.97 Å². The number of hydrogen-bond acceptors (Lipinski definition) is 5. The summed E-state index contributed by atoms with van der Waals surface area (Å²) < 4.78 is 23.4. The van der Waals surface area contributed by atoms with Gasteiger partial charge in [-0.05, 0) is 31.5 Å². The molecular formula is C16H15FN2O3. The van der Waals surface area contributed by atoms with Gasteiger partial charge in [-0.3, -0.25) is 0 Å². The van der Waals surface area contributed by atoms with Gasteiger partial charge in [-0.15, -0.1) is 0 Å². The normalized spacial score (nSPS) is 17.8. The number of carbonyl (C=O) groups excluding carboxylic acids is 1. The van der Waals surface area contributed by atoms with Crippen LogP contribution in [0.4, 0.5) is 4.39 Å². The van der Waals surface area contributed by atoms with E-state index >= 15 is 0 Å². The molecule has 22 heavy (non-hydrogen) atoms. The number of esters is 1. The van der Waals surface area contributed by atoms with Gasteiger partial charge < -0.3 is 15.2 Å². The Morgan fingerprint density at radius 1 is 1.45 bits per heavy atom. The van der Waals surface area contributed by atoms with Crippen LogP contribution in [0.2, 0.25) is 0 Å². The lowest BCUT2D eigenvalue weighted by atomic mass is 9.83. The largest absolute Gasteiger partial charge is 0.463 e. The van der Waals surface area contributed by atoms with Gasteiger partial charge in [0.1, 0.15) is 23.2 Å². The van der Waals surface area contributed by atoms with Crippen molar-refractivity contribution in [1.82, 2.24) is 0 Å². The van der Waals surface area contributed by atoms with E-state index < -0.39 is 17.7 Å². The van der Waals surface area contributed by atoms with Crippen molar-refractivity contribution >= 4 is 5.97 Å². The van der Waals surface area contributed by atoms with Gasteiger partial charge in [0.15, 0.2) is 0 Å². The average Bonchev–Trinajstić information content (AvgIpc) is 2.47. The van der Waals surface area contributed by atoms with Crippen molar-refractivity contribution < 1.29 is 18.7 Å². The van der Waals surface area contributed by atoms with Crippen molar-refractivity contribution in [3.05, 3.63) is 58.4 Å². The molecule has 5 nitrogen and oxygen atoms in total. The highest BCUT2D eigenvalue weighted by Crippen LogP contribution is 2.39. The molecule has 114 valence electrons. The number of nitrogens with zero attached hydrogens (tertiary/aromatic N) is 1. The van der Waals surface area contributed by atoms with Crippen molar-refractivity contribution in [2.24, 2.45) is 5.73 Å². The fourth-order valence-corrected chi connectivity index (χ4v) is 2.34. The van der Waals surface area contributed by atoms with E-state index in [0.29, 0.717) is 5.56 Å². The van der Waals surface area contributed by atoms with Crippen LogP contribution in [-0.2, 0) is 14.3 Å². The van der Waals surface area contributed by atoms with E-state index in [1.807, 2.05) is 6.07 Å². The Balaban J connectivity index is 2.59. The predicted octanol–water partition coefficient (Wildman–Crippen LogP) is 2.47. The van der Waals surface area contributed by atoms with Gasteiger partial charge in [-0.2, -0.15) is 5.26 Å². The second kappa shape index (κ2) is 6.31. The topological polar surface area (TPSA) is 85.3 Å². The van der Waals surface area contributed by atoms with Crippen LogP contribution < -0.4 is 5.73 Å². The molecule has 6 heteroatoms. The molecule has 0 radical (unpaired) electrons. The molecule has 1 aliphatic rings. The minimum absolute atomic E-state index is 0.0672. The number of allylic oxidation sites excluding steroid dienone is 2. The third kappa shape index (κ3) is 2.79. The molecule has 0 spiro atoms. The SMILES string of the molecule is CCOC(=O)C1=C(C)OC(N)=C(C#N)[C@H]1c1ccc(F)cc1. The highest BCUT2D eigenvalue weighted by atomic mass is 19.1. The van der Waals surface area contributed by atoms with E-state index in [-0.39, 0.29) is 29.4 Å². The molecule has 0 aliphatic carbocycles. The summed E-state index contributed by atoms with van der Waals surface area (Å²) in [4.78, 5) is 12.2. The standard InChI is InChI=1S/C16H15FN2O3/c1-3-21-16(20)13-9(2)22-15(19)12(8-18)14(13)10-4-6-11(17)7-5-10/h4-7,14H,3,19H2,1-2H3/t14-/m1/s1. The summed E-state index contributed by atoms with van der Waals surface area (Å²) >= 11 is 0. The van der Waals surface area contributed by atoms with E-state index in [1.165, 1.54) is 24.3 Å². The van der Waals surface area contributed by atoms with Crippen LogP contribution in [0.3, 0.4) is 0 Å². The fraction of sp³-hybridized carbons (Fsp3) is 0.250. The quantitative estimate of drug-likeness (QED) is 0.867. The molecule has 0 amide bonds. The van der Waals surface area contributed by atoms with Gasteiger partial charge in [0.25, 0.3) is 0 Å². The van der Waals surface area contributed by atoms with Gasteiger partial charge in [0, 0.05) is 0 Å². The van der Waals surface area contributed by atoms with Crippen LogP contribution in [0, 0.1) is 17.1 Å². The number of rotatable bonds is 3. The summed E-state index contributed by atoms with van der Waals surface area (Å²) in [6, 6.07) is 7.48. The number of hydrogen-bond donors (Lipinski definition) is 1. The molecule has 0 saturated heterocycles. The first kappa shape index (κ1) is 15.6. The highest BCUT2D eigenvalue weighted by Gasteiger charge is 2.36. The molecule has 1 aliphatic heterocycles. The van der Waals surface area contributed by atoms with Crippen molar-refractivity contribution in [1.29, 1.82) is 5.26 Å². The number of halogens is 1. The average molecular weight is 302 g/mol. The van der Waals surface area contributed by atoms with Gasteiger partial charge in [0.2, 0.25) is 5.88 Å². The van der Waals surface area contributed by atoms with Crippen molar-refractivity contribution in [3.8, 4) is 6.07 Å². The summed E-state index contributed by atoms with van der Waals surface area (Å²) in [5, 5.41) is 9.35. The summed E-state index contributed by atoms with van der Waals surface area (Å²) in [6.07, 6.45) is 0. The zero-order valence-electron chi connectivity index (χ0n) is 12.2. The lowest BCUT2D eigenvalue weighted by Gasteiger charge is -2.26. The molecule has 1 atom stereocenters. The molecule has 1 aromatic rings. The molecular weight excluding hydrogens is 287 g/mol. The Morgan fingerprint density at radius 2 is 2.09 bits per heavy atom. The third-order valence-electron chi connectivity index (χ3n) is 3.30. The molecule has 2 N–H and O–H groups in total. The number of nitriles is 1.